The lowest BCUT2D eigenvalue weighted by Crippen LogP contribution is -2.39. The van der Waals surface area contributed by atoms with Crippen molar-refractivity contribution in [1.82, 2.24) is 4.90 Å². The van der Waals surface area contributed by atoms with Crippen LogP contribution in [0.4, 0.5) is 17.2 Å². The van der Waals surface area contributed by atoms with E-state index in [1.807, 2.05) is 96.4 Å². The van der Waals surface area contributed by atoms with E-state index in [4.69, 9.17) is 5.73 Å². The molecule has 1 aromatic heterocycles. The molecular formula is C22H29N6S2+. The highest BCUT2D eigenvalue weighted by Crippen LogP contribution is 2.22. The van der Waals surface area contributed by atoms with E-state index in [2.05, 4.69) is 37.0 Å². The van der Waals surface area contributed by atoms with Gasteiger partial charge in [0.2, 0.25) is 0 Å². The fourth-order valence-electron chi connectivity index (χ4n) is 2.84. The van der Waals surface area contributed by atoms with Crippen molar-refractivity contribution in [3.8, 4) is 0 Å². The third-order valence-corrected chi connectivity index (χ3v) is 6.93. The van der Waals surface area contributed by atoms with Crippen LogP contribution in [0.1, 0.15) is 0 Å². The summed E-state index contributed by atoms with van der Waals surface area (Å²) in [5.74, 6) is 2.89. The summed E-state index contributed by atoms with van der Waals surface area (Å²) < 4.78 is 2.14. The van der Waals surface area contributed by atoms with Gasteiger partial charge in [-0.3, -0.25) is 0 Å². The number of aryl methyl sites for hydroxylation is 1. The first-order valence-electron chi connectivity index (χ1n) is 9.92. The van der Waals surface area contributed by atoms with Gasteiger partial charge in [-0.2, -0.15) is 0 Å². The molecule has 0 fully saturated rings. The Bertz CT molecular complexity index is 879. The fourth-order valence-corrected chi connectivity index (χ4v) is 4.79. The molecule has 30 heavy (non-hydrogen) atoms. The Morgan fingerprint density at radius 3 is 2.60 bits per heavy atom. The van der Waals surface area contributed by atoms with Gasteiger partial charge in [0, 0.05) is 50.1 Å². The van der Waals surface area contributed by atoms with E-state index in [0.29, 0.717) is 0 Å². The summed E-state index contributed by atoms with van der Waals surface area (Å²) in [7, 11) is 7.80. The minimum Gasteiger partial charge on any atom is -0.378 e. The summed E-state index contributed by atoms with van der Waals surface area (Å²) in [4.78, 5) is 4.22. The molecule has 0 spiro atoms. The predicted molar refractivity (Wildman–Crippen MR) is 129 cm³/mol. The SMILES string of the molecule is CN(C)c1ccc(N=Nc2cccc[n+]2CCSSCCN2C=CC=CC2N)cc1. The highest BCUT2D eigenvalue weighted by molar-refractivity contribution is 8.76. The number of benzene rings is 1. The molecule has 0 saturated heterocycles. The van der Waals surface area contributed by atoms with Crippen LogP contribution >= 0.6 is 21.6 Å². The summed E-state index contributed by atoms with van der Waals surface area (Å²) in [5.41, 5.74) is 8.04. The Kier molecular flexibility index (Phi) is 8.80. The van der Waals surface area contributed by atoms with E-state index < -0.39 is 0 Å². The van der Waals surface area contributed by atoms with Crippen LogP contribution in [0, 0.1) is 0 Å². The van der Waals surface area contributed by atoms with Crippen LogP contribution < -0.4 is 15.2 Å². The zero-order valence-corrected chi connectivity index (χ0v) is 19.1. The Hall–Kier alpha value is -2.29. The van der Waals surface area contributed by atoms with Crippen molar-refractivity contribution in [3.63, 3.8) is 0 Å². The van der Waals surface area contributed by atoms with Crippen molar-refractivity contribution in [2.75, 3.05) is 37.0 Å². The van der Waals surface area contributed by atoms with E-state index in [1.165, 1.54) is 0 Å². The molecule has 0 amide bonds. The summed E-state index contributed by atoms with van der Waals surface area (Å²) >= 11 is 0. The Morgan fingerprint density at radius 1 is 1.03 bits per heavy atom. The summed E-state index contributed by atoms with van der Waals surface area (Å²) in [6, 6.07) is 14.1. The Morgan fingerprint density at radius 2 is 1.83 bits per heavy atom. The van der Waals surface area contributed by atoms with Crippen LogP contribution in [0.2, 0.25) is 0 Å². The van der Waals surface area contributed by atoms with Gasteiger partial charge >= 0.3 is 5.82 Å². The number of anilines is 1. The van der Waals surface area contributed by atoms with Gasteiger partial charge in [0.15, 0.2) is 0 Å². The monoisotopic (exact) mass is 441 g/mol. The van der Waals surface area contributed by atoms with Gasteiger partial charge in [-0.1, -0.05) is 33.7 Å². The van der Waals surface area contributed by atoms with Crippen molar-refractivity contribution in [2.24, 2.45) is 16.0 Å². The number of azo groups is 1. The maximum Gasteiger partial charge on any atom is 0.350 e. The van der Waals surface area contributed by atoms with Crippen molar-refractivity contribution in [3.05, 3.63) is 73.1 Å². The second-order valence-electron chi connectivity index (χ2n) is 6.96. The average Bonchev–Trinajstić information content (AvgIpc) is 2.77. The highest BCUT2D eigenvalue weighted by Gasteiger charge is 2.10. The third kappa shape index (κ3) is 6.90. The molecule has 1 aromatic carbocycles. The molecule has 3 rings (SSSR count). The van der Waals surface area contributed by atoms with Gasteiger partial charge in [0.1, 0.15) is 12.2 Å². The fraction of sp³-hybridized carbons (Fsp3) is 0.318. The van der Waals surface area contributed by atoms with E-state index in [9.17, 15) is 0 Å². The number of aromatic nitrogens is 1. The first kappa shape index (κ1) is 22.4. The molecule has 0 radical (unpaired) electrons. The number of hydrogen-bond donors (Lipinski definition) is 1. The predicted octanol–water partition coefficient (Wildman–Crippen LogP) is 4.51. The summed E-state index contributed by atoms with van der Waals surface area (Å²) in [6.07, 6.45) is 10.1. The Balaban J connectivity index is 1.44. The first-order chi connectivity index (χ1) is 14.6. The number of nitrogens with zero attached hydrogens (tertiary/aromatic N) is 5. The molecule has 1 aliphatic heterocycles. The molecule has 158 valence electrons. The quantitative estimate of drug-likeness (QED) is 0.254. The van der Waals surface area contributed by atoms with Crippen molar-refractivity contribution < 1.29 is 4.57 Å². The second-order valence-corrected chi connectivity index (χ2v) is 9.66. The lowest BCUT2D eigenvalue weighted by Gasteiger charge is -2.26. The van der Waals surface area contributed by atoms with Crippen LogP contribution in [0.3, 0.4) is 0 Å². The normalized spacial score (nSPS) is 15.8. The number of pyridine rings is 1. The van der Waals surface area contributed by atoms with Crippen molar-refractivity contribution >= 4 is 38.8 Å². The van der Waals surface area contributed by atoms with Gasteiger partial charge in [0.25, 0.3) is 0 Å². The molecule has 2 N–H and O–H groups in total. The van der Waals surface area contributed by atoms with Crippen LogP contribution in [0.25, 0.3) is 0 Å². The van der Waals surface area contributed by atoms with Crippen LogP contribution in [0.15, 0.2) is 83.3 Å². The molecule has 0 bridgehead atoms. The topological polar surface area (TPSA) is 61.1 Å². The number of nitrogens with two attached hydrogens (primary N) is 1. The molecule has 1 unspecified atom stereocenters. The molecule has 2 aromatic rings. The standard InChI is InChI=1S/C22H29N6S2/c1-26(2)20-11-9-19(10-12-20)24-25-22-8-4-6-14-28(22)16-18-30-29-17-15-27-13-5-3-7-21(27)23/h3-14,21H,15-18,23H2,1-2H3/q+1. The van der Waals surface area contributed by atoms with Crippen molar-refractivity contribution in [2.45, 2.75) is 12.7 Å². The minimum absolute atomic E-state index is 0.00696. The molecule has 6 nitrogen and oxygen atoms in total. The third-order valence-electron chi connectivity index (χ3n) is 4.56. The van der Waals surface area contributed by atoms with Gasteiger partial charge in [-0.25, -0.2) is 4.57 Å². The van der Waals surface area contributed by atoms with Crippen LogP contribution in [-0.2, 0) is 6.54 Å². The van der Waals surface area contributed by atoms with Crippen LogP contribution in [-0.4, -0.2) is 43.2 Å². The largest absolute Gasteiger partial charge is 0.378 e. The molecule has 1 atom stereocenters. The average molecular weight is 442 g/mol. The van der Waals surface area contributed by atoms with E-state index in [0.717, 1.165) is 41.8 Å². The summed E-state index contributed by atoms with van der Waals surface area (Å²) in [5, 5.41) is 8.86. The van der Waals surface area contributed by atoms with Gasteiger partial charge < -0.3 is 15.5 Å². The maximum absolute atomic E-state index is 6.05. The molecule has 1 aliphatic rings. The molecule has 2 heterocycles. The molecular weight excluding hydrogens is 412 g/mol. The number of rotatable bonds is 10. The molecule has 0 aliphatic carbocycles. The first-order valence-corrected chi connectivity index (χ1v) is 12.4. The van der Waals surface area contributed by atoms with E-state index >= 15 is 0 Å². The zero-order valence-electron chi connectivity index (χ0n) is 17.5. The van der Waals surface area contributed by atoms with Gasteiger partial charge in [-0.15, -0.1) is 0 Å². The minimum atomic E-state index is -0.00696. The zero-order chi connectivity index (χ0) is 21.2. The summed E-state index contributed by atoms with van der Waals surface area (Å²) in [6.45, 7) is 1.84. The number of hydrogen-bond acceptors (Lipinski definition) is 7. The molecule has 0 saturated carbocycles. The second kappa shape index (κ2) is 11.8. The van der Waals surface area contributed by atoms with Crippen molar-refractivity contribution in [1.29, 1.82) is 0 Å². The van der Waals surface area contributed by atoms with Gasteiger partial charge in [-0.05, 0) is 47.6 Å². The maximum atomic E-state index is 6.05. The lowest BCUT2D eigenvalue weighted by molar-refractivity contribution is -0.679. The highest BCUT2D eigenvalue weighted by atomic mass is 33.1. The van der Waals surface area contributed by atoms with Gasteiger partial charge in [0.05, 0.1) is 17.5 Å². The lowest BCUT2D eigenvalue weighted by atomic mass is 10.3. The molecule has 8 heteroatoms. The Labute approximate surface area is 186 Å². The van der Waals surface area contributed by atoms with E-state index in [1.54, 1.807) is 0 Å². The smallest absolute Gasteiger partial charge is 0.350 e. The van der Waals surface area contributed by atoms with Crippen LogP contribution in [0.5, 0.6) is 0 Å². The van der Waals surface area contributed by atoms with E-state index in [-0.39, 0.29) is 6.17 Å². The number of allylic oxidation sites excluding steroid dienone is 2.